The fraction of sp³-hybridized carbons (Fsp3) is 0.169. The van der Waals surface area contributed by atoms with E-state index in [0.717, 1.165) is 45.1 Å². The van der Waals surface area contributed by atoms with Crippen LogP contribution in [0.3, 0.4) is 0 Å². The van der Waals surface area contributed by atoms with E-state index in [2.05, 4.69) is 281 Å². The first-order valence-electron chi connectivity index (χ1n) is 27.1. The number of pyridine rings is 1. The van der Waals surface area contributed by atoms with Gasteiger partial charge in [-0.05, 0) is 115 Å². The van der Waals surface area contributed by atoms with Crippen molar-refractivity contribution in [3.63, 3.8) is 0 Å². The van der Waals surface area contributed by atoms with E-state index in [4.69, 9.17) is 9.72 Å². The molecule has 3 aromatic heterocycles. The van der Waals surface area contributed by atoms with Gasteiger partial charge in [-0.15, -0.1) is 0 Å². The zero-order valence-corrected chi connectivity index (χ0v) is 46.6. The van der Waals surface area contributed by atoms with Gasteiger partial charge in [-0.2, -0.15) is 0 Å². The third-order valence-corrected chi connectivity index (χ3v) is 17.9. The molecule has 0 N–H and O–H groups in total. The summed E-state index contributed by atoms with van der Waals surface area (Å²) in [5.41, 5.74) is 14.1. The van der Waals surface area contributed by atoms with Crippen molar-refractivity contribution < 1.29 is 4.74 Å². The Kier molecular flexibility index (Phi) is 11.3. The molecule has 378 valence electrons. The SMILES string of the molecule is CC(C)(C)c1cc(-c2cccc3c4ccccc4c4ccccc4c4cccc5c4n(c23)CN5c2cccc(Oc3ccc4c5cc(-c6ccccc6)ccc5n(-c5cc(C(C)(C)C)ccn5)c4c3)c2)cc([Si](C)(C)C)c1. The molecule has 0 saturated heterocycles. The molecule has 77 heavy (non-hydrogen) atoms. The molecule has 13 rings (SSSR count). The van der Waals surface area contributed by atoms with Crippen LogP contribution in [0.15, 0.2) is 212 Å². The van der Waals surface area contributed by atoms with E-state index >= 15 is 0 Å². The molecule has 6 heteroatoms. The number of nitrogens with zero attached hydrogens (tertiary/aromatic N) is 4. The van der Waals surface area contributed by atoms with E-state index in [-0.39, 0.29) is 10.8 Å². The summed E-state index contributed by atoms with van der Waals surface area (Å²) < 4.78 is 11.9. The van der Waals surface area contributed by atoms with E-state index in [1.54, 1.807) is 0 Å². The van der Waals surface area contributed by atoms with Crippen molar-refractivity contribution in [2.45, 2.75) is 78.7 Å². The van der Waals surface area contributed by atoms with Gasteiger partial charge < -0.3 is 14.2 Å². The summed E-state index contributed by atoms with van der Waals surface area (Å²) in [5, 5.41) is 11.1. The Morgan fingerprint density at radius 1 is 0.442 bits per heavy atom. The highest BCUT2D eigenvalue weighted by atomic mass is 28.3. The molecule has 0 aliphatic carbocycles. The zero-order valence-electron chi connectivity index (χ0n) is 45.6. The Morgan fingerprint density at radius 3 is 1.78 bits per heavy atom. The van der Waals surface area contributed by atoms with Gasteiger partial charge in [0.05, 0.1) is 35.8 Å². The van der Waals surface area contributed by atoms with Crippen LogP contribution in [-0.4, -0.2) is 22.2 Å². The standard InChI is InChI=1S/C71H64N4OSi/c1-70(2,3)49-36-37-72-67(42-49)75-64-35-32-47(46-20-11-10-12-21-46)40-63(64)60-34-33-53(44-66(60)75)76-52-23-17-22-51(43-52)73-45-74-68-55(48-38-50(71(4,5)6)41-54(39-48)77(7,8)9)28-18-29-61(68)58-26-15-13-24-56(58)57-25-14-16-27-59(57)62-30-19-31-65(73)69(62)74/h10-44H,45H2,1-9H3. The second-order valence-electron chi connectivity index (χ2n) is 24.1. The molecule has 0 spiro atoms. The summed E-state index contributed by atoms with van der Waals surface area (Å²) in [7, 11) is -1.73. The molecule has 0 amide bonds. The molecule has 0 unspecified atom stereocenters. The number of benzene rings is 9. The van der Waals surface area contributed by atoms with Gasteiger partial charge in [0, 0.05) is 51.1 Å². The fourth-order valence-electron chi connectivity index (χ4n) is 11.8. The normalized spacial score (nSPS) is 12.9. The maximum atomic E-state index is 7.00. The van der Waals surface area contributed by atoms with Crippen molar-refractivity contribution in [1.29, 1.82) is 0 Å². The van der Waals surface area contributed by atoms with Gasteiger partial charge in [0.15, 0.2) is 0 Å². The molecule has 4 heterocycles. The zero-order chi connectivity index (χ0) is 53.0. The number of ether oxygens (including phenoxy) is 1. The highest BCUT2D eigenvalue weighted by Crippen LogP contribution is 2.46. The van der Waals surface area contributed by atoms with E-state index in [1.807, 2.05) is 6.20 Å². The maximum Gasteiger partial charge on any atom is 0.137 e. The number of fused-ring (bicyclic) bond motifs is 10. The van der Waals surface area contributed by atoms with Crippen LogP contribution in [-0.2, 0) is 17.5 Å². The molecule has 5 nitrogen and oxygen atoms in total. The van der Waals surface area contributed by atoms with Crippen molar-refractivity contribution in [2.75, 3.05) is 4.90 Å². The van der Waals surface area contributed by atoms with Crippen molar-refractivity contribution in [3.05, 3.63) is 224 Å². The first-order valence-corrected chi connectivity index (χ1v) is 30.6. The van der Waals surface area contributed by atoms with Gasteiger partial charge in [-0.25, -0.2) is 4.98 Å². The van der Waals surface area contributed by atoms with Crippen LogP contribution in [0.25, 0.3) is 93.2 Å². The minimum atomic E-state index is -1.73. The van der Waals surface area contributed by atoms with Gasteiger partial charge in [0.1, 0.15) is 24.0 Å². The molecule has 0 fully saturated rings. The Morgan fingerprint density at radius 2 is 1.08 bits per heavy atom. The van der Waals surface area contributed by atoms with Crippen molar-refractivity contribution >= 4 is 89.8 Å². The smallest absolute Gasteiger partial charge is 0.137 e. The lowest BCUT2D eigenvalue weighted by molar-refractivity contribution is 0.483. The molecule has 0 saturated carbocycles. The van der Waals surface area contributed by atoms with Crippen molar-refractivity contribution in [1.82, 2.24) is 14.1 Å². The molecule has 12 aromatic rings. The largest absolute Gasteiger partial charge is 0.457 e. The minimum absolute atomic E-state index is 0.0251. The lowest BCUT2D eigenvalue weighted by Crippen LogP contribution is -2.38. The Hall–Kier alpha value is -8.45. The average Bonchev–Trinajstić information content (AvgIpc) is 4.22. The monoisotopic (exact) mass is 1020 g/mol. The Bertz CT molecular complexity index is 4380. The van der Waals surface area contributed by atoms with Crippen molar-refractivity contribution in [2.24, 2.45) is 0 Å². The summed E-state index contributed by atoms with van der Waals surface area (Å²) in [6.07, 6.45) is 1.94. The van der Waals surface area contributed by atoms with Crippen LogP contribution in [0.4, 0.5) is 11.4 Å². The predicted octanol–water partition coefficient (Wildman–Crippen LogP) is 19.1. The van der Waals surface area contributed by atoms with E-state index in [9.17, 15) is 0 Å². The lowest BCUT2D eigenvalue weighted by atomic mass is 9.85. The molecule has 1 aliphatic rings. The second kappa shape index (κ2) is 18.1. The van der Waals surface area contributed by atoms with Gasteiger partial charge in [-0.1, -0.05) is 206 Å². The second-order valence-corrected chi connectivity index (χ2v) is 29.2. The van der Waals surface area contributed by atoms with E-state index in [0.29, 0.717) is 6.67 Å². The minimum Gasteiger partial charge on any atom is -0.457 e. The van der Waals surface area contributed by atoms with Crippen LogP contribution in [0.2, 0.25) is 19.6 Å². The van der Waals surface area contributed by atoms with E-state index < -0.39 is 8.07 Å². The number of hydrogen-bond donors (Lipinski definition) is 0. The quantitative estimate of drug-likeness (QED) is 0.149. The topological polar surface area (TPSA) is 35.2 Å². The van der Waals surface area contributed by atoms with Crippen LogP contribution in [0.5, 0.6) is 11.5 Å². The van der Waals surface area contributed by atoms with Gasteiger partial charge in [0.2, 0.25) is 0 Å². The first kappa shape index (κ1) is 48.2. The molecule has 9 aromatic carbocycles. The third-order valence-electron chi connectivity index (χ3n) is 15.9. The summed E-state index contributed by atoms with van der Waals surface area (Å²) in [6, 6.07) is 76.1. The number of hydrogen-bond acceptors (Lipinski definition) is 3. The van der Waals surface area contributed by atoms with E-state index in [1.165, 1.54) is 87.3 Å². The average molecular weight is 1020 g/mol. The number of anilines is 2. The van der Waals surface area contributed by atoms with Crippen LogP contribution in [0, 0.1) is 0 Å². The predicted molar refractivity (Wildman–Crippen MR) is 331 cm³/mol. The highest BCUT2D eigenvalue weighted by Gasteiger charge is 2.28. The molecular formula is C71H64N4OSi. The molecular weight excluding hydrogens is 953 g/mol. The highest BCUT2D eigenvalue weighted by molar-refractivity contribution is 6.88. The lowest BCUT2D eigenvalue weighted by Gasteiger charge is -2.26. The number of rotatable bonds is 7. The Labute approximate surface area is 453 Å². The molecule has 1 aliphatic heterocycles. The number of aromatic nitrogens is 3. The molecule has 0 atom stereocenters. The maximum absolute atomic E-state index is 7.00. The summed E-state index contributed by atoms with van der Waals surface area (Å²) >= 11 is 0. The summed E-state index contributed by atoms with van der Waals surface area (Å²) in [5.74, 6) is 2.40. The first-order chi connectivity index (χ1) is 37.1. The van der Waals surface area contributed by atoms with Gasteiger partial charge in [0.25, 0.3) is 0 Å². The molecule has 0 radical (unpaired) electrons. The van der Waals surface area contributed by atoms with Crippen molar-refractivity contribution in [3.8, 4) is 39.6 Å². The molecule has 0 bridgehead atoms. The number of para-hydroxylation sites is 2. The summed E-state index contributed by atoms with van der Waals surface area (Å²) in [6.45, 7) is 21.8. The van der Waals surface area contributed by atoms with Gasteiger partial charge in [-0.3, -0.25) is 4.57 Å². The van der Waals surface area contributed by atoms with Crippen LogP contribution < -0.4 is 14.8 Å². The van der Waals surface area contributed by atoms with Crippen LogP contribution in [0.1, 0.15) is 52.7 Å². The van der Waals surface area contributed by atoms with Gasteiger partial charge >= 0.3 is 0 Å². The third kappa shape index (κ3) is 8.43. The fourth-order valence-corrected chi connectivity index (χ4v) is 12.9. The summed E-state index contributed by atoms with van der Waals surface area (Å²) in [4.78, 5) is 7.48. The Balaban J connectivity index is 0.991. The van der Waals surface area contributed by atoms with Crippen LogP contribution >= 0.6 is 0 Å².